The quantitative estimate of drug-likeness (QED) is 0.592. The fourth-order valence-corrected chi connectivity index (χ4v) is 1.61. The topological polar surface area (TPSA) is 75.4 Å². The highest BCUT2D eigenvalue weighted by Crippen LogP contribution is 2.30. The van der Waals surface area contributed by atoms with Gasteiger partial charge in [-0.3, -0.25) is 10.1 Å². The number of nitro benzene ring substituents is 1. The molecule has 0 heterocycles. The van der Waals surface area contributed by atoms with Crippen molar-refractivity contribution in [2.75, 3.05) is 18.5 Å². The van der Waals surface area contributed by atoms with E-state index in [1.807, 2.05) is 6.92 Å². The number of non-ortho nitro benzene ring substituents is 1. The van der Waals surface area contributed by atoms with Crippen LogP contribution in [0.1, 0.15) is 25.3 Å². The second kappa shape index (κ2) is 6.98. The molecule has 5 nitrogen and oxygen atoms in total. The lowest BCUT2D eigenvalue weighted by atomic mass is 10.1. The van der Waals surface area contributed by atoms with Crippen LogP contribution in [-0.2, 0) is 0 Å². The molecule has 19 heavy (non-hydrogen) atoms. The SMILES string of the molecule is CC(CCO)CNc1ccc([N+](=O)[O-])cc1C(F)F. The summed E-state index contributed by atoms with van der Waals surface area (Å²) in [7, 11) is 0. The van der Waals surface area contributed by atoms with Crippen molar-refractivity contribution < 1.29 is 18.8 Å². The lowest BCUT2D eigenvalue weighted by Gasteiger charge is -2.15. The first-order valence-electron chi connectivity index (χ1n) is 5.87. The summed E-state index contributed by atoms with van der Waals surface area (Å²) < 4.78 is 25.7. The molecule has 0 bridgehead atoms. The molecule has 0 aromatic heterocycles. The number of rotatable bonds is 7. The molecule has 0 saturated heterocycles. The molecule has 0 aliphatic heterocycles. The molecule has 1 rings (SSSR count). The van der Waals surface area contributed by atoms with E-state index >= 15 is 0 Å². The predicted octanol–water partition coefficient (Wildman–Crippen LogP) is 2.96. The summed E-state index contributed by atoms with van der Waals surface area (Å²) in [6, 6.07) is 3.35. The molecule has 106 valence electrons. The summed E-state index contributed by atoms with van der Waals surface area (Å²) in [6.45, 7) is 2.32. The van der Waals surface area contributed by atoms with Crippen LogP contribution in [0.25, 0.3) is 0 Å². The van der Waals surface area contributed by atoms with Gasteiger partial charge in [0.05, 0.1) is 4.92 Å². The average molecular weight is 274 g/mol. The van der Waals surface area contributed by atoms with Gasteiger partial charge in [-0.05, 0) is 18.4 Å². The van der Waals surface area contributed by atoms with Gasteiger partial charge < -0.3 is 10.4 Å². The Morgan fingerprint density at radius 2 is 2.16 bits per heavy atom. The van der Waals surface area contributed by atoms with Crippen LogP contribution in [0.4, 0.5) is 20.2 Å². The van der Waals surface area contributed by atoms with Gasteiger partial charge in [0.25, 0.3) is 12.1 Å². The molecule has 0 saturated carbocycles. The molecular formula is C12H16F2N2O3. The highest BCUT2D eigenvalue weighted by Gasteiger charge is 2.18. The van der Waals surface area contributed by atoms with E-state index in [0.29, 0.717) is 13.0 Å². The van der Waals surface area contributed by atoms with Crippen LogP contribution in [0.3, 0.4) is 0 Å². The second-order valence-corrected chi connectivity index (χ2v) is 4.33. The standard InChI is InChI=1S/C12H16F2N2O3/c1-8(4-5-17)7-15-11-3-2-9(16(18)19)6-10(11)12(13)14/h2-3,6,8,12,15,17H,4-5,7H2,1H3. The first kappa shape index (κ1) is 15.3. The molecule has 1 atom stereocenters. The monoisotopic (exact) mass is 274 g/mol. The van der Waals surface area contributed by atoms with Crippen LogP contribution in [0.15, 0.2) is 18.2 Å². The molecule has 0 spiro atoms. The van der Waals surface area contributed by atoms with Crippen molar-refractivity contribution in [3.05, 3.63) is 33.9 Å². The number of halogens is 2. The minimum atomic E-state index is -2.78. The third kappa shape index (κ3) is 4.44. The Bertz CT molecular complexity index is 441. The van der Waals surface area contributed by atoms with Crippen LogP contribution in [0.2, 0.25) is 0 Å². The number of hydrogen-bond donors (Lipinski definition) is 2. The Morgan fingerprint density at radius 3 is 2.68 bits per heavy atom. The first-order chi connectivity index (χ1) is 8.95. The van der Waals surface area contributed by atoms with Crippen molar-refractivity contribution in [2.45, 2.75) is 19.8 Å². The van der Waals surface area contributed by atoms with Gasteiger partial charge in [0.15, 0.2) is 0 Å². The van der Waals surface area contributed by atoms with Gasteiger partial charge in [0.1, 0.15) is 0 Å². The third-order valence-electron chi connectivity index (χ3n) is 2.74. The number of benzene rings is 1. The lowest BCUT2D eigenvalue weighted by Crippen LogP contribution is -2.13. The molecule has 1 aromatic carbocycles. The number of anilines is 1. The Balaban J connectivity index is 2.85. The number of aliphatic hydroxyl groups excluding tert-OH is 1. The largest absolute Gasteiger partial charge is 0.396 e. The second-order valence-electron chi connectivity index (χ2n) is 4.33. The summed E-state index contributed by atoms with van der Waals surface area (Å²) in [5.74, 6) is 0.116. The maximum atomic E-state index is 12.8. The van der Waals surface area contributed by atoms with Gasteiger partial charge in [0.2, 0.25) is 0 Å². The van der Waals surface area contributed by atoms with Crippen molar-refractivity contribution >= 4 is 11.4 Å². The van der Waals surface area contributed by atoms with Gasteiger partial charge in [-0.2, -0.15) is 0 Å². The normalized spacial score (nSPS) is 12.5. The van der Waals surface area contributed by atoms with Gasteiger partial charge >= 0.3 is 0 Å². The fourth-order valence-electron chi connectivity index (χ4n) is 1.61. The van der Waals surface area contributed by atoms with Crippen molar-refractivity contribution in [3.8, 4) is 0 Å². The van der Waals surface area contributed by atoms with Crippen LogP contribution in [0.5, 0.6) is 0 Å². The van der Waals surface area contributed by atoms with E-state index in [4.69, 9.17) is 5.11 Å². The van der Waals surface area contributed by atoms with Gasteiger partial charge in [-0.1, -0.05) is 6.92 Å². The zero-order valence-electron chi connectivity index (χ0n) is 10.5. The smallest absolute Gasteiger partial charge is 0.270 e. The molecule has 0 aliphatic rings. The van der Waals surface area contributed by atoms with Crippen LogP contribution < -0.4 is 5.32 Å². The number of nitrogens with zero attached hydrogens (tertiary/aromatic N) is 1. The summed E-state index contributed by atoms with van der Waals surface area (Å²) in [5, 5.41) is 22.1. The molecule has 1 aromatic rings. The fraction of sp³-hybridized carbons (Fsp3) is 0.500. The molecule has 0 amide bonds. The van der Waals surface area contributed by atoms with Crippen LogP contribution >= 0.6 is 0 Å². The summed E-state index contributed by atoms with van der Waals surface area (Å²) in [5.41, 5.74) is -0.556. The molecular weight excluding hydrogens is 258 g/mol. The van der Waals surface area contributed by atoms with Crippen LogP contribution in [-0.4, -0.2) is 23.2 Å². The number of nitro groups is 1. The zero-order valence-corrected chi connectivity index (χ0v) is 10.5. The molecule has 0 aliphatic carbocycles. The Kier molecular flexibility index (Phi) is 5.62. The minimum absolute atomic E-state index is 0.0326. The first-order valence-corrected chi connectivity index (χ1v) is 5.87. The Labute approximate surface area is 109 Å². The van der Waals surface area contributed by atoms with E-state index < -0.39 is 11.3 Å². The van der Waals surface area contributed by atoms with Crippen molar-refractivity contribution in [2.24, 2.45) is 5.92 Å². The number of nitrogens with one attached hydrogen (secondary N) is 1. The predicted molar refractivity (Wildman–Crippen MR) is 67.4 cm³/mol. The van der Waals surface area contributed by atoms with E-state index in [1.54, 1.807) is 0 Å². The Morgan fingerprint density at radius 1 is 1.47 bits per heavy atom. The van der Waals surface area contributed by atoms with E-state index in [-0.39, 0.29) is 29.5 Å². The molecule has 0 radical (unpaired) electrons. The average Bonchev–Trinajstić information content (AvgIpc) is 2.36. The summed E-state index contributed by atoms with van der Waals surface area (Å²) in [6.07, 6.45) is -2.22. The van der Waals surface area contributed by atoms with Crippen LogP contribution in [0, 0.1) is 16.0 Å². The molecule has 2 N–H and O–H groups in total. The van der Waals surface area contributed by atoms with E-state index in [0.717, 1.165) is 6.07 Å². The van der Waals surface area contributed by atoms with Gasteiger partial charge in [0, 0.05) is 36.5 Å². The molecule has 0 fully saturated rings. The zero-order chi connectivity index (χ0) is 14.4. The van der Waals surface area contributed by atoms with E-state index in [1.165, 1.54) is 12.1 Å². The van der Waals surface area contributed by atoms with Crippen molar-refractivity contribution in [1.82, 2.24) is 0 Å². The maximum absolute atomic E-state index is 12.8. The molecule has 1 unspecified atom stereocenters. The highest BCUT2D eigenvalue weighted by atomic mass is 19.3. The number of hydrogen-bond acceptors (Lipinski definition) is 4. The highest BCUT2D eigenvalue weighted by molar-refractivity contribution is 5.56. The van der Waals surface area contributed by atoms with Gasteiger partial charge in [-0.25, -0.2) is 8.78 Å². The summed E-state index contributed by atoms with van der Waals surface area (Å²) in [4.78, 5) is 9.85. The molecule has 7 heteroatoms. The minimum Gasteiger partial charge on any atom is -0.396 e. The lowest BCUT2D eigenvalue weighted by molar-refractivity contribution is -0.385. The van der Waals surface area contributed by atoms with E-state index in [2.05, 4.69) is 5.32 Å². The van der Waals surface area contributed by atoms with Crippen molar-refractivity contribution in [1.29, 1.82) is 0 Å². The van der Waals surface area contributed by atoms with Gasteiger partial charge in [-0.15, -0.1) is 0 Å². The maximum Gasteiger partial charge on any atom is 0.270 e. The summed E-state index contributed by atoms with van der Waals surface area (Å²) >= 11 is 0. The Hall–Kier alpha value is -1.76. The van der Waals surface area contributed by atoms with Crippen molar-refractivity contribution in [3.63, 3.8) is 0 Å². The third-order valence-corrected chi connectivity index (χ3v) is 2.74. The number of aliphatic hydroxyl groups is 1. The van der Waals surface area contributed by atoms with E-state index in [9.17, 15) is 18.9 Å². The number of alkyl halides is 2.